The maximum atomic E-state index is 12.9. The summed E-state index contributed by atoms with van der Waals surface area (Å²) in [7, 11) is 1.72. The second-order valence-electron chi connectivity index (χ2n) is 7.78. The molecule has 5 nitrogen and oxygen atoms in total. The topological polar surface area (TPSA) is 44.8 Å². The van der Waals surface area contributed by atoms with Gasteiger partial charge in [0.2, 0.25) is 5.91 Å². The molecule has 4 rings (SSSR count). The maximum absolute atomic E-state index is 12.9. The number of ether oxygens (including phenoxy) is 1. The molecular formula is C20H31Cl2N3O2. The highest BCUT2D eigenvalue weighted by Gasteiger charge is 2.58. The summed E-state index contributed by atoms with van der Waals surface area (Å²) >= 11 is 0. The Kier molecular flexibility index (Phi) is 7.81. The second-order valence-corrected chi connectivity index (χ2v) is 7.78. The van der Waals surface area contributed by atoms with Crippen LogP contribution in [0.4, 0.5) is 0 Å². The molecule has 2 saturated heterocycles. The van der Waals surface area contributed by atoms with Gasteiger partial charge < -0.3 is 15.0 Å². The molecule has 1 aromatic carbocycles. The van der Waals surface area contributed by atoms with Crippen LogP contribution in [0, 0.1) is 11.3 Å². The zero-order valence-electron chi connectivity index (χ0n) is 16.0. The standard InChI is InChI=1S/C20H29N3O2.2ClH/c1-25-18-5-3-2-4-16(18)15-22-10-12-23(13-11-22)19(24)17-14-20(17)6-8-21-9-7-20;;/h2-5,17,21H,6-15H2,1H3;2*1H. The Balaban J connectivity index is 0.00000131. The Bertz CT molecular complexity index is 629. The lowest BCUT2D eigenvalue weighted by Gasteiger charge is -2.35. The van der Waals surface area contributed by atoms with Gasteiger partial charge in [0.1, 0.15) is 5.75 Å². The Morgan fingerprint density at radius 1 is 1.15 bits per heavy atom. The largest absolute Gasteiger partial charge is 0.496 e. The molecule has 1 aromatic rings. The van der Waals surface area contributed by atoms with Crippen molar-refractivity contribution >= 4 is 30.7 Å². The molecule has 3 fully saturated rings. The molecule has 1 amide bonds. The molecule has 0 bridgehead atoms. The second kappa shape index (κ2) is 9.46. The number of methoxy groups -OCH3 is 1. The fourth-order valence-electron chi connectivity index (χ4n) is 4.60. The van der Waals surface area contributed by atoms with Crippen LogP contribution in [0.1, 0.15) is 24.8 Å². The first-order chi connectivity index (χ1) is 12.2. The van der Waals surface area contributed by atoms with Crippen molar-refractivity contribution in [1.29, 1.82) is 0 Å². The number of carbonyl (C=O) groups is 1. The third-order valence-corrected chi connectivity index (χ3v) is 6.36. The summed E-state index contributed by atoms with van der Waals surface area (Å²) < 4.78 is 5.45. The summed E-state index contributed by atoms with van der Waals surface area (Å²) in [4.78, 5) is 17.4. The highest BCUT2D eigenvalue weighted by atomic mass is 35.5. The fourth-order valence-corrected chi connectivity index (χ4v) is 4.60. The smallest absolute Gasteiger partial charge is 0.226 e. The Morgan fingerprint density at radius 3 is 2.48 bits per heavy atom. The van der Waals surface area contributed by atoms with Gasteiger partial charge in [0.25, 0.3) is 0 Å². The lowest BCUT2D eigenvalue weighted by Crippen LogP contribution is -2.49. The third-order valence-electron chi connectivity index (χ3n) is 6.36. The van der Waals surface area contributed by atoms with E-state index in [4.69, 9.17) is 4.74 Å². The van der Waals surface area contributed by atoms with Gasteiger partial charge in [-0.1, -0.05) is 18.2 Å². The van der Waals surface area contributed by atoms with E-state index in [1.165, 1.54) is 18.4 Å². The summed E-state index contributed by atoms with van der Waals surface area (Å²) in [6, 6.07) is 8.20. The van der Waals surface area contributed by atoms with Crippen molar-refractivity contribution in [2.45, 2.75) is 25.8 Å². The van der Waals surface area contributed by atoms with Crippen molar-refractivity contribution in [2.75, 3.05) is 46.4 Å². The lowest BCUT2D eigenvalue weighted by molar-refractivity contribution is -0.135. The van der Waals surface area contributed by atoms with Crippen molar-refractivity contribution in [3.63, 3.8) is 0 Å². The van der Waals surface area contributed by atoms with Gasteiger partial charge in [0.05, 0.1) is 7.11 Å². The van der Waals surface area contributed by atoms with Crippen molar-refractivity contribution in [2.24, 2.45) is 11.3 Å². The molecule has 1 saturated carbocycles. The van der Waals surface area contributed by atoms with Crippen LogP contribution in [0.2, 0.25) is 0 Å². The summed E-state index contributed by atoms with van der Waals surface area (Å²) in [5.74, 6) is 1.67. The number of halogens is 2. The average Bonchev–Trinajstić information content (AvgIpc) is 3.35. The number of hydrogen-bond donors (Lipinski definition) is 1. The van der Waals surface area contributed by atoms with Crippen LogP contribution in [-0.4, -0.2) is 62.1 Å². The van der Waals surface area contributed by atoms with E-state index in [0.29, 0.717) is 17.2 Å². The van der Waals surface area contributed by atoms with Crippen LogP contribution >= 0.6 is 24.8 Å². The van der Waals surface area contributed by atoms with Crippen LogP contribution in [0.3, 0.4) is 0 Å². The van der Waals surface area contributed by atoms with E-state index in [2.05, 4.69) is 27.2 Å². The number of nitrogens with zero attached hydrogens (tertiary/aromatic N) is 2. The summed E-state index contributed by atoms with van der Waals surface area (Å²) in [6.45, 7) is 6.67. The minimum absolute atomic E-state index is 0. The molecule has 1 atom stereocenters. The van der Waals surface area contributed by atoms with Gasteiger partial charge in [-0.15, -0.1) is 24.8 Å². The molecule has 2 aliphatic heterocycles. The van der Waals surface area contributed by atoms with Gasteiger partial charge in [0, 0.05) is 44.2 Å². The van der Waals surface area contributed by atoms with Gasteiger partial charge in [0.15, 0.2) is 0 Å². The number of piperazine rings is 1. The molecule has 152 valence electrons. The number of para-hydroxylation sites is 1. The van der Waals surface area contributed by atoms with E-state index in [-0.39, 0.29) is 24.8 Å². The number of hydrogen-bond acceptors (Lipinski definition) is 4. The SMILES string of the molecule is COc1ccccc1CN1CCN(C(=O)C2CC23CCNCC3)CC1.Cl.Cl. The van der Waals surface area contributed by atoms with Crippen molar-refractivity contribution in [3.05, 3.63) is 29.8 Å². The van der Waals surface area contributed by atoms with E-state index < -0.39 is 0 Å². The number of nitrogens with one attached hydrogen (secondary N) is 1. The molecule has 0 aromatic heterocycles. The van der Waals surface area contributed by atoms with E-state index in [1.807, 2.05) is 12.1 Å². The third kappa shape index (κ3) is 4.70. The zero-order valence-corrected chi connectivity index (χ0v) is 17.6. The highest BCUT2D eigenvalue weighted by Crippen LogP contribution is 2.59. The van der Waals surface area contributed by atoms with E-state index in [1.54, 1.807) is 7.11 Å². The number of benzene rings is 1. The van der Waals surface area contributed by atoms with Crippen molar-refractivity contribution < 1.29 is 9.53 Å². The van der Waals surface area contributed by atoms with Gasteiger partial charge >= 0.3 is 0 Å². The zero-order chi connectivity index (χ0) is 17.3. The summed E-state index contributed by atoms with van der Waals surface area (Å²) in [6.07, 6.45) is 3.48. The lowest BCUT2D eigenvalue weighted by atomic mass is 9.91. The number of rotatable bonds is 4. The average molecular weight is 416 g/mol. The van der Waals surface area contributed by atoms with Gasteiger partial charge in [-0.05, 0) is 43.8 Å². The molecule has 7 heteroatoms. The van der Waals surface area contributed by atoms with Crippen LogP contribution in [0.25, 0.3) is 0 Å². The monoisotopic (exact) mass is 415 g/mol. The summed E-state index contributed by atoms with van der Waals surface area (Å²) in [5, 5.41) is 3.42. The minimum Gasteiger partial charge on any atom is -0.496 e. The Hall–Kier alpha value is -1.01. The Morgan fingerprint density at radius 2 is 1.81 bits per heavy atom. The first kappa shape index (κ1) is 22.3. The van der Waals surface area contributed by atoms with Gasteiger partial charge in [-0.2, -0.15) is 0 Å². The Labute approximate surface area is 174 Å². The van der Waals surface area contributed by atoms with E-state index in [0.717, 1.165) is 58.0 Å². The molecular weight excluding hydrogens is 385 g/mol. The summed E-state index contributed by atoms with van der Waals surface area (Å²) in [5.41, 5.74) is 1.57. The molecule has 27 heavy (non-hydrogen) atoms. The van der Waals surface area contributed by atoms with E-state index >= 15 is 0 Å². The molecule has 1 unspecified atom stereocenters. The van der Waals surface area contributed by atoms with Gasteiger partial charge in [-0.25, -0.2) is 0 Å². The molecule has 1 spiro atoms. The van der Waals surface area contributed by atoms with Crippen molar-refractivity contribution in [3.8, 4) is 5.75 Å². The molecule has 3 aliphatic rings. The van der Waals surface area contributed by atoms with E-state index in [9.17, 15) is 4.79 Å². The molecule has 1 N–H and O–H groups in total. The van der Waals surface area contributed by atoms with Crippen LogP contribution < -0.4 is 10.1 Å². The van der Waals surface area contributed by atoms with Crippen LogP contribution in [0.15, 0.2) is 24.3 Å². The molecule has 0 radical (unpaired) electrons. The highest BCUT2D eigenvalue weighted by molar-refractivity contribution is 5.85. The first-order valence-electron chi connectivity index (χ1n) is 9.56. The number of carbonyl (C=O) groups excluding carboxylic acids is 1. The number of piperidine rings is 1. The fraction of sp³-hybridized carbons (Fsp3) is 0.650. The number of amides is 1. The van der Waals surface area contributed by atoms with Crippen molar-refractivity contribution in [1.82, 2.24) is 15.1 Å². The maximum Gasteiger partial charge on any atom is 0.226 e. The quantitative estimate of drug-likeness (QED) is 0.820. The minimum atomic E-state index is 0. The molecule has 2 heterocycles. The van der Waals surface area contributed by atoms with Crippen LogP contribution in [-0.2, 0) is 11.3 Å². The van der Waals surface area contributed by atoms with Gasteiger partial charge in [-0.3, -0.25) is 9.69 Å². The normalized spacial score (nSPS) is 23.9. The molecule has 1 aliphatic carbocycles. The predicted molar refractivity (Wildman–Crippen MR) is 112 cm³/mol. The van der Waals surface area contributed by atoms with Crippen LogP contribution in [0.5, 0.6) is 5.75 Å². The first-order valence-corrected chi connectivity index (χ1v) is 9.56. The predicted octanol–water partition coefficient (Wildman–Crippen LogP) is 2.57.